The molecule has 0 saturated carbocycles. The molecule has 2 nitrogen and oxygen atoms in total. The van der Waals surface area contributed by atoms with Gasteiger partial charge in [-0.25, -0.2) is 0 Å². The van der Waals surface area contributed by atoms with Crippen LogP contribution in [0.1, 0.15) is 45.2 Å². The Balaban J connectivity index is 0.000000741. The molecule has 0 saturated heterocycles. The normalized spacial score (nSPS) is 13.3. The van der Waals surface area contributed by atoms with Gasteiger partial charge in [0.05, 0.1) is 20.3 Å². The third-order valence-electron chi connectivity index (χ3n) is 2.73. The lowest BCUT2D eigenvalue weighted by atomic mass is 9.99. The maximum Gasteiger partial charge on any atom is 0.121 e. The average molecular weight is 264 g/mol. The molecule has 0 unspecified atom stereocenters. The van der Waals surface area contributed by atoms with Gasteiger partial charge in [-0.05, 0) is 42.2 Å². The van der Waals surface area contributed by atoms with Crippen molar-refractivity contribution in [2.75, 3.05) is 20.3 Å². The monoisotopic (exact) mass is 264 g/mol. The fraction of sp³-hybridized carbons (Fsp3) is 0.529. The Bertz CT molecular complexity index is 381. The van der Waals surface area contributed by atoms with Gasteiger partial charge in [-0.3, -0.25) is 0 Å². The van der Waals surface area contributed by atoms with Crippen LogP contribution in [0.4, 0.5) is 0 Å². The third kappa shape index (κ3) is 5.48. The smallest absolute Gasteiger partial charge is 0.121 e. The van der Waals surface area contributed by atoms with E-state index in [1.165, 1.54) is 16.7 Å². The first-order valence-electron chi connectivity index (χ1n) is 7.23. The summed E-state index contributed by atoms with van der Waals surface area (Å²) in [6, 6.07) is 6.32. The van der Waals surface area contributed by atoms with Crippen LogP contribution < -0.4 is 4.74 Å². The van der Waals surface area contributed by atoms with E-state index in [0.717, 1.165) is 25.4 Å². The molecule has 1 aromatic rings. The maximum atomic E-state index is 5.30. The maximum absolute atomic E-state index is 5.30. The molecular weight excluding hydrogens is 236 g/mol. The van der Waals surface area contributed by atoms with Gasteiger partial charge >= 0.3 is 0 Å². The fourth-order valence-electron chi connectivity index (χ4n) is 1.87. The van der Waals surface area contributed by atoms with Gasteiger partial charge in [0.25, 0.3) is 0 Å². The molecule has 1 aromatic carbocycles. The van der Waals surface area contributed by atoms with Crippen molar-refractivity contribution in [1.29, 1.82) is 0 Å². The minimum absolute atomic E-state index is 0.737. The van der Waals surface area contributed by atoms with Crippen molar-refractivity contribution in [3.63, 3.8) is 0 Å². The minimum atomic E-state index is 0.737. The van der Waals surface area contributed by atoms with Gasteiger partial charge in [-0.1, -0.05) is 39.8 Å². The van der Waals surface area contributed by atoms with E-state index in [1.54, 1.807) is 7.11 Å². The molecule has 2 heteroatoms. The van der Waals surface area contributed by atoms with E-state index in [9.17, 15) is 0 Å². The highest BCUT2D eigenvalue weighted by atomic mass is 16.5. The lowest BCUT2D eigenvalue weighted by molar-refractivity contribution is 0.161. The lowest BCUT2D eigenvalue weighted by Crippen LogP contribution is -2.03. The Hall–Kier alpha value is -1.28. The molecule has 0 radical (unpaired) electrons. The summed E-state index contributed by atoms with van der Waals surface area (Å²) >= 11 is 0. The molecule has 0 N–H and O–H groups in total. The molecule has 2 rings (SSSR count). The van der Waals surface area contributed by atoms with Crippen LogP contribution in [0.3, 0.4) is 0 Å². The van der Waals surface area contributed by atoms with E-state index in [4.69, 9.17) is 9.47 Å². The summed E-state index contributed by atoms with van der Waals surface area (Å²) < 4.78 is 10.5. The summed E-state index contributed by atoms with van der Waals surface area (Å²) in [7, 11) is 1.70. The van der Waals surface area contributed by atoms with Crippen molar-refractivity contribution in [2.24, 2.45) is 0 Å². The quantitative estimate of drug-likeness (QED) is 0.759. The topological polar surface area (TPSA) is 18.5 Å². The molecule has 0 bridgehead atoms. The van der Waals surface area contributed by atoms with Gasteiger partial charge in [0.1, 0.15) is 5.75 Å². The molecule has 0 aliphatic carbocycles. The molecule has 0 amide bonds. The molecule has 0 spiro atoms. The SMILES string of the molecule is CC.CC.COc1ccc(C2=CCOCC2)cc1C. The summed E-state index contributed by atoms with van der Waals surface area (Å²) in [6.07, 6.45) is 3.16. The van der Waals surface area contributed by atoms with Crippen LogP contribution in [-0.4, -0.2) is 20.3 Å². The largest absolute Gasteiger partial charge is 0.496 e. The van der Waals surface area contributed by atoms with Crippen LogP contribution >= 0.6 is 0 Å². The Labute approximate surface area is 118 Å². The summed E-state index contributed by atoms with van der Waals surface area (Å²) in [5.74, 6) is 0.950. The average Bonchev–Trinajstić information content (AvgIpc) is 2.52. The Morgan fingerprint density at radius 3 is 2.26 bits per heavy atom. The second-order valence-corrected chi connectivity index (χ2v) is 3.74. The van der Waals surface area contributed by atoms with E-state index in [-0.39, 0.29) is 0 Å². The molecule has 108 valence electrons. The van der Waals surface area contributed by atoms with Crippen molar-refractivity contribution in [3.8, 4) is 5.75 Å². The first kappa shape index (κ1) is 17.7. The number of hydrogen-bond acceptors (Lipinski definition) is 2. The van der Waals surface area contributed by atoms with Crippen molar-refractivity contribution in [3.05, 3.63) is 35.4 Å². The third-order valence-corrected chi connectivity index (χ3v) is 2.73. The second-order valence-electron chi connectivity index (χ2n) is 3.74. The first-order valence-corrected chi connectivity index (χ1v) is 7.23. The number of aryl methyl sites for hydroxylation is 1. The molecule has 19 heavy (non-hydrogen) atoms. The van der Waals surface area contributed by atoms with E-state index in [1.807, 2.05) is 33.8 Å². The van der Waals surface area contributed by atoms with E-state index in [2.05, 4.69) is 25.1 Å². The molecule has 0 fully saturated rings. The van der Waals surface area contributed by atoms with E-state index < -0.39 is 0 Å². The summed E-state index contributed by atoms with van der Waals surface area (Å²) in [6.45, 7) is 11.6. The second kappa shape index (κ2) is 10.6. The standard InChI is InChI=1S/C13H16O2.2C2H6/c1-10-9-12(3-4-13(10)14-2)11-5-7-15-8-6-11;2*1-2/h3-5,9H,6-8H2,1-2H3;2*1-2H3. The molecular formula is C17H28O2. The lowest BCUT2D eigenvalue weighted by Gasteiger charge is -2.15. The zero-order valence-electron chi connectivity index (χ0n) is 13.2. The van der Waals surface area contributed by atoms with Crippen molar-refractivity contribution in [1.82, 2.24) is 0 Å². The van der Waals surface area contributed by atoms with E-state index >= 15 is 0 Å². The highest BCUT2D eigenvalue weighted by molar-refractivity contribution is 5.67. The minimum Gasteiger partial charge on any atom is -0.496 e. The Morgan fingerprint density at radius 1 is 1.11 bits per heavy atom. The predicted molar refractivity (Wildman–Crippen MR) is 83.8 cm³/mol. The fourth-order valence-corrected chi connectivity index (χ4v) is 1.87. The summed E-state index contributed by atoms with van der Waals surface area (Å²) in [5.41, 5.74) is 3.85. The summed E-state index contributed by atoms with van der Waals surface area (Å²) in [5, 5.41) is 0. The van der Waals surface area contributed by atoms with Gasteiger partial charge in [-0.15, -0.1) is 0 Å². The number of methoxy groups -OCH3 is 1. The molecule has 1 heterocycles. The highest BCUT2D eigenvalue weighted by Crippen LogP contribution is 2.26. The highest BCUT2D eigenvalue weighted by Gasteiger charge is 2.07. The number of hydrogen-bond donors (Lipinski definition) is 0. The van der Waals surface area contributed by atoms with Gasteiger partial charge in [0.2, 0.25) is 0 Å². The van der Waals surface area contributed by atoms with Crippen LogP contribution in [0.15, 0.2) is 24.3 Å². The van der Waals surface area contributed by atoms with Crippen molar-refractivity contribution < 1.29 is 9.47 Å². The number of rotatable bonds is 2. The van der Waals surface area contributed by atoms with Gasteiger partial charge in [-0.2, -0.15) is 0 Å². The van der Waals surface area contributed by atoms with Gasteiger partial charge in [0, 0.05) is 0 Å². The van der Waals surface area contributed by atoms with Crippen LogP contribution in [0.5, 0.6) is 5.75 Å². The predicted octanol–water partition coefficient (Wildman–Crippen LogP) is 4.86. The zero-order chi connectivity index (χ0) is 14.7. The van der Waals surface area contributed by atoms with Crippen molar-refractivity contribution >= 4 is 5.57 Å². The van der Waals surface area contributed by atoms with Gasteiger partial charge < -0.3 is 9.47 Å². The number of benzene rings is 1. The zero-order valence-corrected chi connectivity index (χ0v) is 13.2. The molecule has 1 aliphatic heterocycles. The molecule has 1 aliphatic rings. The first-order chi connectivity index (χ1) is 9.31. The van der Waals surface area contributed by atoms with Crippen LogP contribution in [0, 0.1) is 6.92 Å². The number of ether oxygens (including phenoxy) is 2. The summed E-state index contributed by atoms with van der Waals surface area (Å²) in [4.78, 5) is 0. The Kier molecular flexibility index (Phi) is 9.91. The van der Waals surface area contributed by atoms with Crippen molar-refractivity contribution in [2.45, 2.75) is 41.0 Å². The van der Waals surface area contributed by atoms with Crippen LogP contribution in [0.2, 0.25) is 0 Å². The van der Waals surface area contributed by atoms with Gasteiger partial charge in [0.15, 0.2) is 0 Å². The van der Waals surface area contributed by atoms with E-state index in [0.29, 0.717) is 0 Å². The molecule has 0 aromatic heterocycles. The van der Waals surface area contributed by atoms with Crippen LogP contribution in [-0.2, 0) is 4.74 Å². The Morgan fingerprint density at radius 2 is 1.79 bits per heavy atom. The van der Waals surface area contributed by atoms with Crippen LogP contribution in [0.25, 0.3) is 5.57 Å². The molecule has 0 atom stereocenters.